The van der Waals surface area contributed by atoms with Gasteiger partial charge in [-0.15, -0.1) is 0 Å². The molecule has 1 rings (SSSR count). The second-order valence-corrected chi connectivity index (χ2v) is 3.94. The van der Waals surface area contributed by atoms with Crippen LogP contribution in [0.2, 0.25) is 0 Å². The summed E-state index contributed by atoms with van der Waals surface area (Å²) >= 11 is 0. The molecule has 0 fully saturated rings. The maximum atomic E-state index is 11.9. The van der Waals surface area contributed by atoms with Crippen LogP contribution in [0.25, 0.3) is 0 Å². The molecule has 0 aliphatic rings. The molecule has 68 valence electrons. The standard InChI is InChI=1S/C9H15FN2/c1-9(2,3)8-6-12(5-4-10)7-11-8/h6-7H,4-5H2,1-3H3. The molecular weight excluding hydrogens is 155 g/mol. The minimum Gasteiger partial charge on any atom is -0.335 e. The lowest BCUT2D eigenvalue weighted by Gasteiger charge is -2.13. The third-order valence-corrected chi connectivity index (χ3v) is 1.74. The Morgan fingerprint density at radius 1 is 1.50 bits per heavy atom. The van der Waals surface area contributed by atoms with E-state index in [1.165, 1.54) is 0 Å². The van der Waals surface area contributed by atoms with E-state index in [-0.39, 0.29) is 12.1 Å². The highest BCUT2D eigenvalue weighted by Gasteiger charge is 2.16. The molecular formula is C9H15FN2. The highest BCUT2D eigenvalue weighted by Crippen LogP contribution is 2.19. The molecule has 0 aliphatic carbocycles. The van der Waals surface area contributed by atoms with Crippen molar-refractivity contribution in [1.82, 2.24) is 9.55 Å². The number of alkyl halides is 1. The number of nitrogens with zero attached hydrogens (tertiary/aromatic N) is 2. The summed E-state index contributed by atoms with van der Waals surface area (Å²) in [5.74, 6) is 0. The van der Waals surface area contributed by atoms with E-state index in [1.807, 2.05) is 6.20 Å². The van der Waals surface area contributed by atoms with Gasteiger partial charge in [-0.1, -0.05) is 20.8 Å². The molecule has 0 bridgehead atoms. The van der Waals surface area contributed by atoms with E-state index in [4.69, 9.17) is 0 Å². The van der Waals surface area contributed by atoms with E-state index >= 15 is 0 Å². The summed E-state index contributed by atoms with van der Waals surface area (Å²) in [4.78, 5) is 4.20. The highest BCUT2D eigenvalue weighted by molar-refractivity contribution is 5.08. The summed E-state index contributed by atoms with van der Waals surface area (Å²) in [7, 11) is 0. The lowest BCUT2D eigenvalue weighted by molar-refractivity contribution is 0.445. The summed E-state index contributed by atoms with van der Waals surface area (Å²) in [5.41, 5.74) is 1.07. The highest BCUT2D eigenvalue weighted by atomic mass is 19.1. The van der Waals surface area contributed by atoms with Crippen molar-refractivity contribution >= 4 is 0 Å². The Kier molecular flexibility index (Phi) is 2.50. The molecule has 0 N–H and O–H groups in total. The van der Waals surface area contributed by atoms with Gasteiger partial charge in [0.25, 0.3) is 0 Å². The molecule has 1 aromatic heterocycles. The van der Waals surface area contributed by atoms with Gasteiger partial charge in [-0.3, -0.25) is 0 Å². The van der Waals surface area contributed by atoms with Gasteiger partial charge >= 0.3 is 0 Å². The number of halogens is 1. The number of aryl methyl sites for hydroxylation is 1. The Hall–Kier alpha value is -0.860. The van der Waals surface area contributed by atoms with Gasteiger partial charge in [-0.05, 0) is 0 Å². The normalized spacial score (nSPS) is 12.0. The van der Waals surface area contributed by atoms with Crippen molar-refractivity contribution in [3.8, 4) is 0 Å². The first kappa shape index (κ1) is 9.23. The first-order chi connectivity index (χ1) is 5.54. The maximum Gasteiger partial charge on any atom is 0.107 e. The summed E-state index contributed by atoms with van der Waals surface area (Å²) < 4.78 is 13.7. The van der Waals surface area contributed by atoms with Gasteiger partial charge in [0.2, 0.25) is 0 Å². The van der Waals surface area contributed by atoms with Gasteiger partial charge < -0.3 is 4.57 Å². The van der Waals surface area contributed by atoms with Crippen LogP contribution < -0.4 is 0 Å². The summed E-state index contributed by atoms with van der Waals surface area (Å²) in [5, 5.41) is 0. The predicted molar refractivity (Wildman–Crippen MR) is 46.9 cm³/mol. The second-order valence-electron chi connectivity index (χ2n) is 3.94. The van der Waals surface area contributed by atoms with Gasteiger partial charge in [0.05, 0.1) is 18.6 Å². The number of hydrogen-bond donors (Lipinski definition) is 0. The molecule has 0 spiro atoms. The molecule has 12 heavy (non-hydrogen) atoms. The van der Waals surface area contributed by atoms with Gasteiger partial charge in [0, 0.05) is 11.6 Å². The lowest BCUT2D eigenvalue weighted by atomic mass is 9.93. The molecule has 0 radical (unpaired) electrons. The quantitative estimate of drug-likeness (QED) is 0.665. The fourth-order valence-corrected chi connectivity index (χ4v) is 0.967. The van der Waals surface area contributed by atoms with Crippen molar-refractivity contribution in [3.05, 3.63) is 18.2 Å². The van der Waals surface area contributed by atoms with Crippen LogP contribution in [-0.4, -0.2) is 16.2 Å². The van der Waals surface area contributed by atoms with Crippen LogP contribution in [0.1, 0.15) is 26.5 Å². The molecule has 0 aliphatic heterocycles. The Bertz CT molecular complexity index is 247. The zero-order valence-corrected chi connectivity index (χ0v) is 7.84. The van der Waals surface area contributed by atoms with E-state index in [9.17, 15) is 4.39 Å². The van der Waals surface area contributed by atoms with E-state index in [0.29, 0.717) is 6.54 Å². The Morgan fingerprint density at radius 3 is 2.58 bits per heavy atom. The average Bonchev–Trinajstić information content (AvgIpc) is 2.35. The molecule has 3 heteroatoms. The van der Waals surface area contributed by atoms with Gasteiger partial charge in [0.15, 0.2) is 0 Å². The van der Waals surface area contributed by atoms with Crippen molar-refractivity contribution < 1.29 is 4.39 Å². The van der Waals surface area contributed by atoms with Gasteiger partial charge in [0.1, 0.15) is 6.67 Å². The third kappa shape index (κ3) is 2.06. The van der Waals surface area contributed by atoms with E-state index in [1.54, 1.807) is 10.9 Å². The number of imidazole rings is 1. The predicted octanol–water partition coefficient (Wildman–Crippen LogP) is 2.15. The van der Waals surface area contributed by atoms with Crippen molar-refractivity contribution in [2.24, 2.45) is 0 Å². The molecule has 1 heterocycles. The smallest absolute Gasteiger partial charge is 0.107 e. The Morgan fingerprint density at radius 2 is 2.17 bits per heavy atom. The third-order valence-electron chi connectivity index (χ3n) is 1.74. The fourth-order valence-electron chi connectivity index (χ4n) is 0.967. The van der Waals surface area contributed by atoms with Gasteiger partial charge in [-0.25, -0.2) is 9.37 Å². The first-order valence-electron chi connectivity index (χ1n) is 4.12. The summed E-state index contributed by atoms with van der Waals surface area (Å²) in [6, 6.07) is 0. The van der Waals surface area contributed by atoms with Crippen molar-refractivity contribution in [2.75, 3.05) is 6.67 Å². The molecule has 0 saturated carbocycles. The van der Waals surface area contributed by atoms with E-state index in [0.717, 1.165) is 5.69 Å². The van der Waals surface area contributed by atoms with Crippen molar-refractivity contribution in [1.29, 1.82) is 0 Å². The van der Waals surface area contributed by atoms with Crippen molar-refractivity contribution in [3.63, 3.8) is 0 Å². The number of aromatic nitrogens is 2. The van der Waals surface area contributed by atoms with Crippen LogP contribution in [0.3, 0.4) is 0 Å². The first-order valence-corrected chi connectivity index (χ1v) is 4.12. The van der Waals surface area contributed by atoms with Crippen LogP contribution >= 0.6 is 0 Å². The Balaban J connectivity index is 2.77. The fraction of sp³-hybridized carbons (Fsp3) is 0.667. The number of hydrogen-bond acceptors (Lipinski definition) is 1. The minimum absolute atomic E-state index is 0.0571. The van der Waals surface area contributed by atoms with Gasteiger partial charge in [-0.2, -0.15) is 0 Å². The number of rotatable bonds is 2. The second kappa shape index (κ2) is 3.25. The van der Waals surface area contributed by atoms with E-state index < -0.39 is 0 Å². The average molecular weight is 170 g/mol. The zero-order valence-electron chi connectivity index (χ0n) is 7.84. The largest absolute Gasteiger partial charge is 0.335 e. The van der Waals surface area contributed by atoms with Crippen LogP contribution in [0.5, 0.6) is 0 Å². The van der Waals surface area contributed by atoms with Crippen molar-refractivity contribution in [2.45, 2.75) is 32.7 Å². The Labute approximate surface area is 72.4 Å². The maximum absolute atomic E-state index is 11.9. The lowest BCUT2D eigenvalue weighted by Crippen LogP contribution is -2.11. The molecule has 0 unspecified atom stereocenters. The molecule has 0 saturated heterocycles. The molecule has 0 aromatic carbocycles. The molecule has 2 nitrogen and oxygen atoms in total. The molecule has 0 atom stereocenters. The topological polar surface area (TPSA) is 17.8 Å². The van der Waals surface area contributed by atoms with Crippen LogP contribution in [0.15, 0.2) is 12.5 Å². The summed E-state index contributed by atoms with van der Waals surface area (Å²) in [6.45, 7) is 6.35. The minimum atomic E-state index is -0.333. The molecule has 0 amide bonds. The molecule has 1 aromatic rings. The monoisotopic (exact) mass is 170 g/mol. The van der Waals surface area contributed by atoms with Crippen LogP contribution in [0, 0.1) is 0 Å². The zero-order chi connectivity index (χ0) is 9.19. The van der Waals surface area contributed by atoms with E-state index in [2.05, 4.69) is 25.8 Å². The summed E-state index contributed by atoms with van der Waals surface area (Å²) in [6.07, 6.45) is 3.58. The van der Waals surface area contributed by atoms with Crippen LogP contribution in [0.4, 0.5) is 4.39 Å². The van der Waals surface area contributed by atoms with Crippen LogP contribution in [-0.2, 0) is 12.0 Å². The SMILES string of the molecule is CC(C)(C)c1cn(CCF)cn1.